The highest BCUT2D eigenvalue weighted by Gasteiger charge is 2.14. The number of aryl methyl sites for hydroxylation is 2. The second kappa shape index (κ2) is 4.77. The Morgan fingerprint density at radius 2 is 2.20 bits per heavy atom. The molecule has 0 radical (unpaired) electrons. The van der Waals surface area contributed by atoms with Crippen molar-refractivity contribution < 1.29 is 9.53 Å². The molecule has 1 rings (SSSR count). The molecular formula is C11H16N2O2. The minimum Gasteiger partial charge on any atom is -0.501 e. The van der Waals surface area contributed by atoms with Crippen LogP contribution in [0.4, 0.5) is 0 Å². The van der Waals surface area contributed by atoms with Crippen LogP contribution in [0.1, 0.15) is 28.7 Å². The molecule has 0 bridgehead atoms. The molecule has 0 saturated heterocycles. The number of carbonyl (C=O) groups is 1. The standard InChI is InChI=1S/C11H16N2O2/c1-5-15-7-6-10(14)11-8(2)12-13(4)9(11)3/h6-7H,5H2,1-4H3. The van der Waals surface area contributed by atoms with Crippen molar-refractivity contribution >= 4 is 5.78 Å². The number of ether oxygens (including phenoxy) is 1. The Morgan fingerprint density at radius 1 is 1.53 bits per heavy atom. The molecule has 0 N–H and O–H groups in total. The average Bonchev–Trinajstić information content (AvgIpc) is 2.41. The first kappa shape index (κ1) is 11.5. The van der Waals surface area contributed by atoms with E-state index < -0.39 is 0 Å². The minimum absolute atomic E-state index is 0.0634. The second-order valence-electron chi connectivity index (χ2n) is 3.29. The van der Waals surface area contributed by atoms with E-state index in [-0.39, 0.29) is 5.78 Å². The van der Waals surface area contributed by atoms with Gasteiger partial charge in [-0.1, -0.05) is 0 Å². The van der Waals surface area contributed by atoms with Gasteiger partial charge in [0.2, 0.25) is 0 Å². The van der Waals surface area contributed by atoms with Gasteiger partial charge in [-0.15, -0.1) is 0 Å². The molecule has 0 atom stereocenters. The number of rotatable bonds is 4. The number of allylic oxidation sites excluding steroid dienone is 1. The molecular weight excluding hydrogens is 192 g/mol. The number of nitrogens with zero attached hydrogens (tertiary/aromatic N) is 2. The molecule has 0 aliphatic carbocycles. The van der Waals surface area contributed by atoms with E-state index in [1.807, 2.05) is 27.8 Å². The molecule has 0 aromatic carbocycles. The van der Waals surface area contributed by atoms with Crippen molar-refractivity contribution in [2.75, 3.05) is 6.61 Å². The van der Waals surface area contributed by atoms with Gasteiger partial charge in [0.25, 0.3) is 0 Å². The fourth-order valence-electron chi connectivity index (χ4n) is 1.42. The first-order valence-electron chi connectivity index (χ1n) is 4.90. The van der Waals surface area contributed by atoms with Crippen molar-refractivity contribution in [2.45, 2.75) is 20.8 Å². The van der Waals surface area contributed by atoms with Crippen LogP contribution in [0.5, 0.6) is 0 Å². The summed E-state index contributed by atoms with van der Waals surface area (Å²) < 4.78 is 6.69. The third kappa shape index (κ3) is 2.46. The highest BCUT2D eigenvalue weighted by molar-refractivity contribution is 6.06. The van der Waals surface area contributed by atoms with Crippen LogP contribution in [0.2, 0.25) is 0 Å². The predicted octanol–water partition coefficient (Wildman–Crippen LogP) is 1.77. The van der Waals surface area contributed by atoms with Gasteiger partial charge in [-0.05, 0) is 20.8 Å². The molecule has 15 heavy (non-hydrogen) atoms. The molecule has 0 unspecified atom stereocenters. The Hall–Kier alpha value is -1.58. The van der Waals surface area contributed by atoms with Crippen molar-refractivity contribution in [1.82, 2.24) is 9.78 Å². The summed E-state index contributed by atoms with van der Waals surface area (Å²) in [4.78, 5) is 11.8. The van der Waals surface area contributed by atoms with Crippen molar-refractivity contribution in [1.29, 1.82) is 0 Å². The van der Waals surface area contributed by atoms with Gasteiger partial charge < -0.3 is 4.74 Å². The van der Waals surface area contributed by atoms with Crippen LogP contribution in [0.25, 0.3) is 0 Å². The van der Waals surface area contributed by atoms with E-state index in [0.717, 1.165) is 11.4 Å². The summed E-state index contributed by atoms with van der Waals surface area (Å²) in [6.07, 6.45) is 2.86. The van der Waals surface area contributed by atoms with Crippen LogP contribution in [0, 0.1) is 13.8 Å². The molecule has 0 fully saturated rings. The zero-order valence-corrected chi connectivity index (χ0v) is 9.57. The van der Waals surface area contributed by atoms with Gasteiger partial charge in [0.15, 0.2) is 5.78 Å². The monoisotopic (exact) mass is 208 g/mol. The number of aromatic nitrogens is 2. The Morgan fingerprint density at radius 3 is 2.67 bits per heavy atom. The fourth-order valence-corrected chi connectivity index (χ4v) is 1.42. The molecule has 4 nitrogen and oxygen atoms in total. The average molecular weight is 208 g/mol. The van der Waals surface area contributed by atoms with Crippen LogP contribution in [0.3, 0.4) is 0 Å². The van der Waals surface area contributed by atoms with Crippen LogP contribution >= 0.6 is 0 Å². The Labute approximate surface area is 89.5 Å². The molecule has 0 aliphatic rings. The molecule has 0 spiro atoms. The highest BCUT2D eigenvalue weighted by Crippen LogP contribution is 2.12. The van der Waals surface area contributed by atoms with Gasteiger partial charge >= 0.3 is 0 Å². The van der Waals surface area contributed by atoms with Gasteiger partial charge in [-0.25, -0.2) is 0 Å². The van der Waals surface area contributed by atoms with Crippen LogP contribution < -0.4 is 0 Å². The zero-order valence-electron chi connectivity index (χ0n) is 9.57. The summed E-state index contributed by atoms with van der Waals surface area (Å²) in [6, 6.07) is 0. The fraction of sp³-hybridized carbons (Fsp3) is 0.455. The Kier molecular flexibility index (Phi) is 3.66. The van der Waals surface area contributed by atoms with Gasteiger partial charge in [-0.3, -0.25) is 9.48 Å². The lowest BCUT2D eigenvalue weighted by molar-refractivity contribution is 0.104. The SMILES string of the molecule is CCOC=CC(=O)c1c(C)nn(C)c1C. The lowest BCUT2D eigenvalue weighted by Gasteiger charge is -1.97. The first-order chi connectivity index (χ1) is 7.07. The number of carbonyl (C=O) groups excluding carboxylic acids is 1. The molecule has 1 aromatic heterocycles. The Bertz CT molecular complexity index is 392. The van der Waals surface area contributed by atoms with Gasteiger partial charge in [-0.2, -0.15) is 5.10 Å². The normalized spacial score (nSPS) is 10.9. The molecule has 1 heterocycles. The maximum Gasteiger partial charge on any atom is 0.192 e. The summed E-state index contributed by atoms with van der Waals surface area (Å²) >= 11 is 0. The van der Waals surface area contributed by atoms with Crippen molar-refractivity contribution in [2.24, 2.45) is 7.05 Å². The van der Waals surface area contributed by atoms with Crippen molar-refractivity contribution in [3.05, 3.63) is 29.3 Å². The molecule has 82 valence electrons. The first-order valence-corrected chi connectivity index (χ1v) is 4.90. The number of ketones is 1. The van der Waals surface area contributed by atoms with Crippen LogP contribution in [-0.2, 0) is 11.8 Å². The number of hydrogen-bond donors (Lipinski definition) is 0. The van der Waals surface area contributed by atoms with Gasteiger partial charge in [0, 0.05) is 18.8 Å². The lowest BCUT2D eigenvalue weighted by Crippen LogP contribution is -1.99. The lowest BCUT2D eigenvalue weighted by atomic mass is 10.1. The predicted molar refractivity (Wildman–Crippen MR) is 57.8 cm³/mol. The van der Waals surface area contributed by atoms with E-state index >= 15 is 0 Å². The quantitative estimate of drug-likeness (QED) is 0.430. The largest absolute Gasteiger partial charge is 0.501 e. The van der Waals surface area contributed by atoms with Crippen LogP contribution in [-0.4, -0.2) is 22.2 Å². The minimum atomic E-state index is -0.0634. The molecule has 0 saturated carbocycles. The smallest absolute Gasteiger partial charge is 0.192 e. The second-order valence-corrected chi connectivity index (χ2v) is 3.29. The maximum atomic E-state index is 11.8. The molecule has 4 heteroatoms. The molecule has 0 aliphatic heterocycles. The number of hydrogen-bond acceptors (Lipinski definition) is 3. The summed E-state index contributed by atoms with van der Waals surface area (Å²) in [5.41, 5.74) is 2.29. The van der Waals surface area contributed by atoms with E-state index in [0.29, 0.717) is 12.2 Å². The highest BCUT2D eigenvalue weighted by atomic mass is 16.5. The molecule has 1 aromatic rings. The zero-order chi connectivity index (χ0) is 11.4. The van der Waals surface area contributed by atoms with Crippen molar-refractivity contribution in [3.63, 3.8) is 0 Å². The summed E-state index contributed by atoms with van der Waals surface area (Å²) in [5.74, 6) is -0.0634. The summed E-state index contributed by atoms with van der Waals surface area (Å²) in [6.45, 7) is 6.14. The van der Waals surface area contributed by atoms with E-state index in [4.69, 9.17) is 4.74 Å². The topological polar surface area (TPSA) is 44.1 Å². The van der Waals surface area contributed by atoms with E-state index in [1.54, 1.807) is 4.68 Å². The van der Waals surface area contributed by atoms with E-state index in [2.05, 4.69) is 5.10 Å². The van der Waals surface area contributed by atoms with E-state index in [1.165, 1.54) is 12.3 Å². The van der Waals surface area contributed by atoms with Gasteiger partial charge in [0.1, 0.15) is 0 Å². The molecule has 0 amide bonds. The maximum absolute atomic E-state index is 11.8. The Balaban J connectivity index is 2.91. The summed E-state index contributed by atoms with van der Waals surface area (Å²) in [5, 5.41) is 4.18. The van der Waals surface area contributed by atoms with Crippen molar-refractivity contribution in [3.8, 4) is 0 Å². The van der Waals surface area contributed by atoms with E-state index in [9.17, 15) is 4.79 Å². The summed E-state index contributed by atoms with van der Waals surface area (Å²) in [7, 11) is 1.82. The third-order valence-electron chi connectivity index (χ3n) is 2.24. The van der Waals surface area contributed by atoms with Crippen LogP contribution in [0.15, 0.2) is 12.3 Å². The van der Waals surface area contributed by atoms with Gasteiger partial charge in [0.05, 0.1) is 24.1 Å². The third-order valence-corrected chi connectivity index (χ3v) is 2.24.